The first kappa shape index (κ1) is 15.1. The van der Waals surface area contributed by atoms with E-state index in [-0.39, 0.29) is 6.61 Å². The molecule has 0 unspecified atom stereocenters. The summed E-state index contributed by atoms with van der Waals surface area (Å²) in [6.45, 7) is 2.46. The Morgan fingerprint density at radius 3 is 2.74 bits per heavy atom. The molecule has 0 aliphatic heterocycles. The predicted molar refractivity (Wildman–Crippen MR) is 78.6 cm³/mol. The molecule has 0 aliphatic rings. The van der Waals surface area contributed by atoms with Crippen LogP contribution in [0.5, 0.6) is 11.5 Å². The van der Waals surface area contributed by atoms with Gasteiger partial charge in [0.05, 0.1) is 13.7 Å². The molecule has 0 atom stereocenters. The van der Waals surface area contributed by atoms with E-state index in [0.717, 1.165) is 17.1 Å². The van der Waals surface area contributed by atoms with Gasteiger partial charge in [0.15, 0.2) is 0 Å². The van der Waals surface area contributed by atoms with E-state index in [1.807, 2.05) is 55.5 Å². The summed E-state index contributed by atoms with van der Waals surface area (Å²) < 4.78 is 10.8. The second kappa shape index (κ2) is 9.00. The number of benzene rings is 1. The Morgan fingerprint density at radius 1 is 1.21 bits per heavy atom. The molecule has 1 N–H and O–H groups in total. The summed E-state index contributed by atoms with van der Waals surface area (Å²) in [6, 6.07) is 5.58. The van der Waals surface area contributed by atoms with Crippen LogP contribution < -0.4 is 9.47 Å². The van der Waals surface area contributed by atoms with Crippen molar-refractivity contribution in [3.63, 3.8) is 0 Å². The molecule has 0 aromatic heterocycles. The van der Waals surface area contributed by atoms with Crippen LogP contribution in [0, 0.1) is 0 Å². The fourth-order valence-electron chi connectivity index (χ4n) is 1.48. The van der Waals surface area contributed by atoms with Gasteiger partial charge >= 0.3 is 0 Å². The normalized spacial score (nSPS) is 11.7. The van der Waals surface area contributed by atoms with E-state index >= 15 is 0 Å². The minimum Gasteiger partial charge on any atom is -0.497 e. The number of hydrogen-bond acceptors (Lipinski definition) is 3. The van der Waals surface area contributed by atoms with Gasteiger partial charge < -0.3 is 14.6 Å². The van der Waals surface area contributed by atoms with Crippen LogP contribution in [0.2, 0.25) is 0 Å². The Kier molecular flexibility index (Phi) is 7.13. The Bertz CT molecular complexity index is 459. The van der Waals surface area contributed by atoms with Crippen molar-refractivity contribution in [2.45, 2.75) is 6.92 Å². The Morgan fingerprint density at radius 2 is 2.05 bits per heavy atom. The van der Waals surface area contributed by atoms with Gasteiger partial charge in [-0.2, -0.15) is 0 Å². The molecular formula is C16H20O3. The van der Waals surface area contributed by atoms with Crippen LogP contribution in [0.25, 0.3) is 6.08 Å². The number of methoxy groups -OCH3 is 1. The van der Waals surface area contributed by atoms with E-state index < -0.39 is 0 Å². The molecule has 1 aromatic carbocycles. The molecular weight excluding hydrogens is 240 g/mol. The number of aliphatic hydroxyl groups excluding tert-OH is 1. The van der Waals surface area contributed by atoms with Crippen molar-refractivity contribution < 1.29 is 14.6 Å². The average molecular weight is 260 g/mol. The van der Waals surface area contributed by atoms with E-state index in [1.165, 1.54) is 0 Å². The van der Waals surface area contributed by atoms with Gasteiger partial charge in [0.25, 0.3) is 0 Å². The third-order valence-electron chi connectivity index (χ3n) is 2.39. The van der Waals surface area contributed by atoms with Crippen LogP contribution in [-0.2, 0) is 0 Å². The monoisotopic (exact) mass is 260 g/mol. The summed E-state index contributed by atoms with van der Waals surface area (Å²) in [5, 5.41) is 8.84. The largest absolute Gasteiger partial charge is 0.497 e. The van der Waals surface area contributed by atoms with Crippen molar-refractivity contribution in [1.29, 1.82) is 0 Å². The van der Waals surface area contributed by atoms with Gasteiger partial charge in [0, 0.05) is 5.56 Å². The van der Waals surface area contributed by atoms with Crippen molar-refractivity contribution in [2.24, 2.45) is 0 Å². The Hall–Kier alpha value is -2.00. The molecule has 0 spiro atoms. The second-order valence-corrected chi connectivity index (χ2v) is 3.75. The highest BCUT2D eigenvalue weighted by atomic mass is 16.5. The topological polar surface area (TPSA) is 38.7 Å². The molecule has 1 aromatic rings. The van der Waals surface area contributed by atoms with Crippen LogP contribution >= 0.6 is 0 Å². The number of rotatable bonds is 7. The minimum absolute atomic E-state index is 0.00214. The highest BCUT2D eigenvalue weighted by Crippen LogP contribution is 2.25. The van der Waals surface area contributed by atoms with Crippen LogP contribution in [0.4, 0.5) is 0 Å². The van der Waals surface area contributed by atoms with Gasteiger partial charge in [-0.05, 0) is 31.2 Å². The third-order valence-corrected chi connectivity index (χ3v) is 2.39. The van der Waals surface area contributed by atoms with Crippen LogP contribution in [0.15, 0.2) is 48.6 Å². The van der Waals surface area contributed by atoms with E-state index in [1.54, 1.807) is 13.2 Å². The Labute approximate surface area is 114 Å². The molecule has 0 heterocycles. The van der Waals surface area contributed by atoms with Crippen molar-refractivity contribution in [2.75, 3.05) is 20.3 Å². The van der Waals surface area contributed by atoms with Gasteiger partial charge in [-0.1, -0.05) is 30.4 Å². The molecule has 0 saturated heterocycles. The summed E-state index contributed by atoms with van der Waals surface area (Å²) in [7, 11) is 1.62. The Balaban J connectivity index is 2.77. The fraction of sp³-hybridized carbons (Fsp3) is 0.250. The predicted octanol–water partition coefficient (Wildman–Crippen LogP) is 3.21. The zero-order valence-corrected chi connectivity index (χ0v) is 11.4. The SMILES string of the molecule is C/C=C/C=C/COc1ccc(OC)cc1/C=C/CO. The zero-order valence-electron chi connectivity index (χ0n) is 11.4. The maximum absolute atomic E-state index is 8.84. The molecule has 3 nitrogen and oxygen atoms in total. The summed E-state index contributed by atoms with van der Waals surface area (Å²) >= 11 is 0. The lowest BCUT2D eigenvalue weighted by Gasteiger charge is -2.09. The first-order chi connectivity index (χ1) is 9.31. The van der Waals surface area contributed by atoms with E-state index in [4.69, 9.17) is 14.6 Å². The average Bonchev–Trinajstić information content (AvgIpc) is 2.45. The highest BCUT2D eigenvalue weighted by Gasteiger charge is 2.02. The first-order valence-electron chi connectivity index (χ1n) is 6.18. The summed E-state index contributed by atoms with van der Waals surface area (Å²) in [4.78, 5) is 0. The minimum atomic E-state index is -0.00214. The van der Waals surface area contributed by atoms with E-state index in [2.05, 4.69) is 0 Å². The maximum atomic E-state index is 8.84. The quantitative estimate of drug-likeness (QED) is 0.765. The lowest BCUT2D eigenvalue weighted by molar-refractivity contribution is 0.343. The zero-order chi connectivity index (χ0) is 13.9. The van der Waals surface area contributed by atoms with Crippen molar-refractivity contribution in [3.05, 3.63) is 54.1 Å². The van der Waals surface area contributed by atoms with Gasteiger partial charge in [-0.25, -0.2) is 0 Å². The van der Waals surface area contributed by atoms with Gasteiger partial charge in [0.1, 0.15) is 18.1 Å². The van der Waals surface area contributed by atoms with Gasteiger partial charge in [-0.3, -0.25) is 0 Å². The smallest absolute Gasteiger partial charge is 0.127 e. The van der Waals surface area contributed by atoms with Crippen LogP contribution in [0.1, 0.15) is 12.5 Å². The first-order valence-corrected chi connectivity index (χ1v) is 6.18. The summed E-state index contributed by atoms with van der Waals surface area (Å²) in [5.41, 5.74) is 0.882. The molecule has 0 bridgehead atoms. The molecule has 0 aliphatic carbocycles. The lowest BCUT2D eigenvalue weighted by Crippen LogP contribution is -1.96. The molecule has 19 heavy (non-hydrogen) atoms. The molecule has 0 radical (unpaired) electrons. The summed E-state index contributed by atoms with van der Waals surface area (Å²) in [5.74, 6) is 1.52. The van der Waals surface area contributed by atoms with Crippen molar-refractivity contribution in [1.82, 2.24) is 0 Å². The maximum Gasteiger partial charge on any atom is 0.127 e. The third kappa shape index (κ3) is 5.44. The van der Waals surface area contributed by atoms with Crippen LogP contribution in [0.3, 0.4) is 0 Å². The number of ether oxygens (including phenoxy) is 2. The molecule has 102 valence electrons. The molecule has 0 saturated carbocycles. The van der Waals surface area contributed by atoms with Crippen molar-refractivity contribution >= 4 is 6.08 Å². The van der Waals surface area contributed by atoms with Gasteiger partial charge in [-0.15, -0.1) is 0 Å². The number of allylic oxidation sites excluding steroid dienone is 3. The standard InChI is InChI=1S/C16H20O3/c1-3-4-5-6-12-19-16-10-9-15(18-2)13-14(16)8-7-11-17/h3-10,13,17H,11-12H2,1-2H3/b4-3+,6-5+,8-7+. The molecule has 0 fully saturated rings. The van der Waals surface area contributed by atoms with Crippen LogP contribution in [-0.4, -0.2) is 25.4 Å². The lowest BCUT2D eigenvalue weighted by atomic mass is 10.1. The van der Waals surface area contributed by atoms with E-state index in [9.17, 15) is 0 Å². The number of aliphatic hydroxyl groups is 1. The second-order valence-electron chi connectivity index (χ2n) is 3.75. The molecule has 1 rings (SSSR count). The van der Waals surface area contributed by atoms with Crippen molar-refractivity contribution in [3.8, 4) is 11.5 Å². The molecule has 3 heteroatoms. The fourth-order valence-corrected chi connectivity index (χ4v) is 1.48. The van der Waals surface area contributed by atoms with Gasteiger partial charge in [0.2, 0.25) is 0 Å². The highest BCUT2D eigenvalue weighted by molar-refractivity contribution is 5.59. The van der Waals surface area contributed by atoms with E-state index in [0.29, 0.717) is 6.61 Å². The summed E-state index contributed by atoms with van der Waals surface area (Å²) in [6.07, 6.45) is 11.3. The molecule has 0 amide bonds. The number of hydrogen-bond donors (Lipinski definition) is 1.